The number of thioether (sulfide) groups is 1. The summed E-state index contributed by atoms with van der Waals surface area (Å²) in [6.45, 7) is 4.32. The Kier molecular flexibility index (Phi) is 7.54. The molecule has 1 N–H and O–H groups in total. The topological polar surface area (TPSA) is 55.4 Å². The van der Waals surface area contributed by atoms with Gasteiger partial charge in [-0.1, -0.05) is 62.4 Å². The molecule has 0 aromatic heterocycles. The predicted octanol–water partition coefficient (Wildman–Crippen LogP) is 3.84. The molecule has 0 unspecified atom stereocenters. The lowest BCUT2D eigenvalue weighted by atomic mass is 10.1. The van der Waals surface area contributed by atoms with Crippen LogP contribution >= 0.6 is 11.8 Å². The number of rotatable bonds is 8. The van der Waals surface area contributed by atoms with Gasteiger partial charge in [0, 0.05) is 11.4 Å². The summed E-state index contributed by atoms with van der Waals surface area (Å²) in [5.41, 5.74) is 0.851. The van der Waals surface area contributed by atoms with Gasteiger partial charge in [-0.05, 0) is 23.6 Å². The molecule has 1 atom stereocenters. The van der Waals surface area contributed by atoms with Gasteiger partial charge in [-0.25, -0.2) is 0 Å². The van der Waals surface area contributed by atoms with Crippen molar-refractivity contribution in [1.82, 2.24) is 5.32 Å². The molecule has 0 heterocycles. The van der Waals surface area contributed by atoms with E-state index in [2.05, 4.69) is 5.32 Å². The number of carbonyl (C=O) groups excluding carboxylic acids is 2. The minimum Gasteiger partial charge on any atom is -0.454 e. The molecule has 25 heavy (non-hydrogen) atoms. The SMILES string of the molecule is CC(C)CNC(=O)COC(=O)[C@H](Sc1ccccc1)c1ccccc1. The Morgan fingerprint density at radius 3 is 2.20 bits per heavy atom. The third-order valence-electron chi connectivity index (χ3n) is 3.37. The Labute approximate surface area is 153 Å². The Bertz CT molecular complexity index is 674. The fourth-order valence-electron chi connectivity index (χ4n) is 2.10. The summed E-state index contributed by atoms with van der Waals surface area (Å²) in [5, 5.41) is 2.23. The molecule has 2 aromatic carbocycles. The molecule has 0 saturated heterocycles. The third kappa shape index (κ3) is 6.63. The van der Waals surface area contributed by atoms with Crippen LogP contribution in [0.15, 0.2) is 65.6 Å². The number of hydrogen-bond acceptors (Lipinski definition) is 4. The summed E-state index contributed by atoms with van der Waals surface area (Å²) in [4.78, 5) is 25.3. The lowest BCUT2D eigenvalue weighted by molar-refractivity contribution is -0.148. The minimum atomic E-state index is -0.513. The molecule has 0 aliphatic heterocycles. The van der Waals surface area contributed by atoms with Crippen molar-refractivity contribution in [3.63, 3.8) is 0 Å². The average molecular weight is 357 g/mol. The highest BCUT2D eigenvalue weighted by molar-refractivity contribution is 8.00. The summed E-state index contributed by atoms with van der Waals surface area (Å²) in [5.74, 6) is -0.344. The van der Waals surface area contributed by atoms with E-state index in [0.29, 0.717) is 12.5 Å². The molecule has 0 fully saturated rings. The Morgan fingerprint density at radius 1 is 1.00 bits per heavy atom. The fraction of sp³-hybridized carbons (Fsp3) is 0.300. The standard InChI is InChI=1S/C20H23NO3S/c1-15(2)13-21-18(22)14-24-20(23)19(16-9-5-3-6-10-16)25-17-11-7-4-8-12-17/h3-12,15,19H,13-14H2,1-2H3,(H,21,22)/t19-/m1/s1. The molecule has 0 saturated carbocycles. The summed E-state index contributed by atoms with van der Waals surface area (Å²) < 4.78 is 5.25. The van der Waals surface area contributed by atoms with E-state index in [1.165, 1.54) is 11.8 Å². The Morgan fingerprint density at radius 2 is 1.60 bits per heavy atom. The zero-order valence-electron chi connectivity index (χ0n) is 14.5. The molecule has 0 spiro atoms. The zero-order chi connectivity index (χ0) is 18.1. The summed E-state index contributed by atoms with van der Waals surface area (Å²) >= 11 is 1.41. The summed E-state index contributed by atoms with van der Waals surface area (Å²) in [7, 11) is 0. The van der Waals surface area contributed by atoms with Crippen LogP contribution in [0.25, 0.3) is 0 Å². The van der Waals surface area contributed by atoms with Crippen LogP contribution in [0.3, 0.4) is 0 Å². The minimum absolute atomic E-state index is 0.260. The molecule has 5 heteroatoms. The highest BCUT2D eigenvalue weighted by Gasteiger charge is 2.24. The van der Waals surface area contributed by atoms with Gasteiger partial charge in [-0.15, -0.1) is 11.8 Å². The summed E-state index contributed by atoms with van der Waals surface area (Å²) in [6, 6.07) is 19.1. The Balaban J connectivity index is 2.02. The number of nitrogens with one attached hydrogen (secondary N) is 1. The largest absolute Gasteiger partial charge is 0.454 e. The second-order valence-corrected chi connectivity index (χ2v) is 7.21. The van der Waals surface area contributed by atoms with Crippen LogP contribution in [-0.2, 0) is 14.3 Å². The van der Waals surface area contributed by atoms with E-state index >= 15 is 0 Å². The molecule has 132 valence electrons. The van der Waals surface area contributed by atoms with Crippen molar-refractivity contribution >= 4 is 23.6 Å². The molecule has 0 aliphatic carbocycles. The van der Waals surface area contributed by atoms with Crippen LogP contribution in [0.5, 0.6) is 0 Å². The van der Waals surface area contributed by atoms with Crippen LogP contribution in [0.2, 0.25) is 0 Å². The van der Waals surface area contributed by atoms with Crippen LogP contribution in [0, 0.1) is 5.92 Å². The van der Waals surface area contributed by atoms with Gasteiger partial charge in [0.15, 0.2) is 6.61 Å². The lowest BCUT2D eigenvalue weighted by Crippen LogP contribution is -2.32. The first-order valence-electron chi connectivity index (χ1n) is 8.26. The molecular weight excluding hydrogens is 334 g/mol. The first kappa shape index (κ1) is 19.1. The van der Waals surface area contributed by atoms with E-state index < -0.39 is 11.2 Å². The molecule has 4 nitrogen and oxygen atoms in total. The first-order chi connectivity index (χ1) is 12.1. The number of benzene rings is 2. The van der Waals surface area contributed by atoms with Gasteiger partial charge in [-0.2, -0.15) is 0 Å². The maximum Gasteiger partial charge on any atom is 0.324 e. The number of ether oxygens (including phenoxy) is 1. The van der Waals surface area contributed by atoms with Crippen LogP contribution < -0.4 is 5.32 Å². The monoisotopic (exact) mass is 357 g/mol. The highest BCUT2D eigenvalue weighted by atomic mass is 32.2. The third-order valence-corrected chi connectivity index (χ3v) is 4.61. The van der Waals surface area contributed by atoms with Crippen LogP contribution in [0.4, 0.5) is 0 Å². The second kappa shape index (κ2) is 9.89. The van der Waals surface area contributed by atoms with Crippen molar-refractivity contribution in [3.05, 3.63) is 66.2 Å². The van der Waals surface area contributed by atoms with Gasteiger partial charge in [0.05, 0.1) is 0 Å². The van der Waals surface area contributed by atoms with Crippen molar-refractivity contribution in [1.29, 1.82) is 0 Å². The van der Waals surface area contributed by atoms with Crippen molar-refractivity contribution in [2.75, 3.05) is 13.2 Å². The van der Waals surface area contributed by atoms with Gasteiger partial charge < -0.3 is 10.1 Å². The van der Waals surface area contributed by atoms with E-state index in [4.69, 9.17) is 4.74 Å². The van der Waals surface area contributed by atoms with Crippen LogP contribution in [0.1, 0.15) is 24.7 Å². The fourth-order valence-corrected chi connectivity index (χ4v) is 3.14. The van der Waals surface area contributed by atoms with E-state index in [1.807, 2.05) is 74.5 Å². The normalized spacial score (nSPS) is 11.8. The molecule has 0 aliphatic rings. The predicted molar refractivity (Wildman–Crippen MR) is 100 cm³/mol. The second-order valence-electron chi connectivity index (χ2n) is 6.03. The van der Waals surface area contributed by atoms with Crippen molar-refractivity contribution < 1.29 is 14.3 Å². The maximum atomic E-state index is 12.6. The molecule has 0 bridgehead atoms. The average Bonchev–Trinajstić information content (AvgIpc) is 2.64. The highest BCUT2D eigenvalue weighted by Crippen LogP contribution is 2.36. The maximum absolute atomic E-state index is 12.6. The van der Waals surface area contributed by atoms with E-state index in [0.717, 1.165) is 10.5 Å². The zero-order valence-corrected chi connectivity index (χ0v) is 15.3. The number of carbonyl (C=O) groups is 2. The number of esters is 1. The summed E-state index contributed by atoms with van der Waals surface area (Å²) in [6.07, 6.45) is 0. The van der Waals surface area contributed by atoms with Gasteiger partial charge in [0.1, 0.15) is 5.25 Å². The molecule has 2 rings (SSSR count). The van der Waals surface area contributed by atoms with E-state index in [-0.39, 0.29) is 12.5 Å². The molecule has 1 amide bonds. The lowest BCUT2D eigenvalue weighted by Gasteiger charge is -2.16. The smallest absolute Gasteiger partial charge is 0.324 e. The van der Waals surface area contributed by atoms with Gasteiger partial charge in [0.25, 0.3) is 5.91 Å². The van der Waals surface area contributed by atoms with Gasteiger partial charge in [0.2, 0.25) is 0 Å². The first-order valence-corrected chi connectivity index (χ1v) is 9.14. The molecule has 0 radical (unpaired) electrons. The quantitative estimate of drug-likeness (QED) is 0.576. The molecule has 2 aromatic rings. The van der Waals surface area contributed by atoms with Crippen molar-refractivity contribution in [3.8, 4) is 0 Å². The van der Waals surface area contributed by atoms with Crippen LogP contribution in [-0.4, -0.2) is 25.0 Å². The molecular formula is C20H23NO3S. The van der Waals surface area contributed by atoms with Gasteiger partial charge >= 0.3 is 5.97 Å². The van der Waals surface area contributed by atoms with Crippen molar-refractivity contribution in [2.45, 2.75) is 24.0 Å². The van der Waals surface area contributed by atoms with Gasteiger partial charge in [-0.3, -0.25) is 9.59 Å². The number of hydrogen-bond donors (Lipinski definition) is 1. The van der Waals surface area contributed by atoms with E-state index in [1.54, 1.807) is 0 Å². The van der Waals surface area contributed by atoms with Crippen molar-refractivity contribution in [2.24, 2.45) is 5.92 Å². The Hall–Kier alpha value is -2.27. The van der Waals surface area contributed by atoms with E-state index in [9.17, 15) is 9.59 Å². The number of amides is 1.